The van der Waals surface area contributed by atoms with Crippen LogP contribution >= 0.6 is 0 Å². The van der Waals surface area contributed by atoms with Gasteiger partial charge in [-0.3, -0.25) is 10.4 Å². The molecule has 5 heteroatoms. The van der Waals surface area contributed by atoms with Crippen molar-refractivity contribution < 1.29 is 4.74 Å². The van der Waals surface area contributed by atoms with E-state index in [4.69, 9.17) is 14.8 Å². The van der Waals surface area contributed by atoms with Gasteiger partial charge in [-0.1, -0.05) is 19.9 Å². The Morgan fingerprint density at radius 3 is 2.46 bits per heavy atom. The molecule has 1 N–H and O–H groups in total. The van der Waals surface area contributed by atoms with Crippen LogP contribution in [0, 0.1) is 0 Å². The molecule has 4 rings (SSSR count). The van der Waals surface area contributed by atoms with Crippen LogP contribution in [0.15, 0.2) is 77.1 Å². The molecule has 28 heavy (non-hydrogen) atoms. The molecule has 1 aromatic heterocycles. The van der Waals surface area contributed by atoms with Crippen molar-refractivity contribution in [3.63, 3.8) is 0 Å². The Hall–Kier alpha value is -3.47. The molecule has 0 bridgehead atoms. The SMILES string of the molecule is COc1ccc(C2=Nc3ccc(C(C)C)cc3C(c3cccnc3)=NN2)cc1. The first-order valence-electron chi connectivity index (χ1n) is 9.27. The van der Waals surface area contributed by atoms with Crippen LogP contribution in [0.5, 0.6) is 5.75 Å². The number of nitrogens with zero attached hydrogens (tertiary/aromatic N) is 3. The molecule has 0 saturated heterocycles. The van der Waals surface area contributed by atoms with Gasteiger partial charge in [0.25, 0.3) is 0 Å². The quantitative estimate of drug-likeness (QED) is 0.727. The third kappa shape index (κ3) is 3.51. The van der Waals surface area contributed by atoms with E-state index in [9.17, 15) is 0 Å². The number of aromatic nitrogens is 1. The summed E-state index contributed by atoms with van der Waals surface area (Å²) < 4.78 is 5.25. The molecule has 1 aliphatic rings. The second-order valence-corrected chi connectivity index (χ2v) is 6.93. The van der Waals surface area contributed by atoms with Crippen LogP contribution in [0.3, 0.4) is 0 Å². The number of hydrogen-bond acceptors (Lipinski definition) is 5. The molecule has 0 saturated carbocycles. The number of nitrogens with one attached hydrogen (secondary N) is 1. The number of amidine groups is 1. The first-order valence-corrected chi connectivity index (χ1v) is 9.27. The average Bonchev–Trinajstić information content (AvgIpc) is 2.93. The van der Waals surface area contributed by atoms with Gasteiger partial charge in [-0.05, 0) is 60.0 Å². The maximum Gasteiger partial charge on any atom is 0.154 e. The van der Waals surface area contributed by atoms with E-state index in [0.29, 0.717) is 11.8 Å². The molecule has 5 nitrogen and oxygen atoms in total. The molecule has 0 fully saturated rings. The Labute approximate surface area is 164 Å². The molecule has 0 spiro atoms. The molecule has 0 aliphatic carbocycles. The number of benzene rings is 2. The summed E-state index contributed by atoms with van der Waals surface area (Å²) in [5.41, 5.74) is 8.99. The fourth-order valence-electron chi connectivity index (χ4n) is 3.12. The van der Waals surface area contributed by atoms with Gasteiger partial charge in [-0.15, -0.1) is 0 Å². The smallest absolute Gasteiger partial charge is 0.154 e. The predicted molar refractivity (Wildman–Crippen MR) is 113 cm³/mol. The maximum absolute atomic E-state index is 5.25. The van der Waals surface area contributed by atoms with Crippen LogP contribution in [0.2, 0.25) is 0 Å². The monoisotopic (exact) mass is 370 g/mol. The zero-order valence-corrected chi connectivity index (χ0v) is 16.2. The lowest BCUT2D eigenvalue weighted by Crippen LogP contribution is -2.19. The minimum absolute atomic E-state index is 0.418. The third-order valence-corrected chi connectivity index (χ3v) is 4.75. The Morgan fingerprint density at radius 1 is 0.964 bits per heavy atom. The number of methoxy groups -OCH3 is 1. The molecule has 0 unspecified atom stereocenters. The molecule has 2 aromatic carbocycles. The predicted octanol–water partition coefficient (Wildman–Crippen LogP) is 4.65. The van der Waals surface area contributed by atoms with Gasteiger partial charge in [0, 0.05) is 29.1 Å². The van der Waals surface area contributed by atoms with Crippen LogP contribution in [0.4, 0.5) is 5.69 Å². The van der Waals surface area contributed by atoms with Crippen LogP contribution in [0.1, 0.15) is 42.0 Å². The highest BCUT2D eigenvalue weighted by Crippen LogP contribution is 2.29. The highest BCUT2D eigenvalue weighted by molar-refractivity contribution is 6.17. The van der Waals surface area contributed by atoms with Gasteiger partial charge in [-0.25, -0.2) is 4.99 Å². The summed E-state index contributed by atoms with van der Waals surface area (Å²) in [5.74, 6) is 1.92. The lowest BCUT2D eigenvalue weighted by molar-refractivity contribution is 0.415. The van der Waals surface area contributed by atoms with E-state index < -0.39 is 0 Å². The molecule has 0 amide bonds. The van der Waals surface area contributed by atoms with Gasteiger partial charge in [0.05, 0.1) is 12.8 Å². The number of fused-ring (bicyclic) bond motifs is 1. The van der Waals surface area contributed by atoms with Gasteiger partial charge >= 0.3 is 0 Å². The number of aliphatic imine (C=N–C) groups is 1. The minimum Gasteiger partial charge on any atom is -0.497 e. The van der Waals surface area contributed by atoms with Crippen molar-refractivity contribution in [2.75, 3.05) is 7.11 Å². The Morgan fingerprint density at radius 2 is 1.79 bits per heavy atom. The van der Waals surface area contributed by atoms with Gasteiger partial charge in [-0.2, -0.15) is 5.10 Å². The highest BCUT2D eigenvalue weighted by Gasteiger charge is 2.18. The number of hydrazone groups is 1. The Balaban J connectivity index is 1.85. The van der Waals surface area contributed by atoms with Gasteiger partial charge in [0.2, 0.25) is 0 Å². The molecule has 0 radical (unpaired) electrons. The Bertz CT molecular complexity index is 1040. The molecule has 2 heterocycles. The van der Waals surface area contributed by atoms with Gasteiger partial charge in [0.15, 0.2) is 5.84 Å². The topological polar surface area (TPSA) is 58.9 Å². The fourth-order valence-corrected chi connectivity index (χ4v) is 3.12. The third-order valence-electron chi connectivity index (χ3n) is 4.75. The lowest BCUT2D eigenvalue weighted by Gasteiger charge is -2.11. The number of rotatable bonds is 4. The first kappa shape index (κ1) is 17.9. The Kier molecular flexibility index (Phi) is 4.89. The number of hydrogen-bond donors (Lipinski definition) is 1. The van der Waals surface area contributed by atoms with E-state index in [0.717, 1.165) is 33.8 Å². The summed E-state index contributed by atoms with van der Waals surface area (Å²) in [6.07, 6.45) is 3.59. The summed E-state index contributed by atoms with van der Waals surface area (Å²) in [6, 6.07) is 18.1. The zero-order valence-electron chi connectivity index (χ0n) is 16.2. The average molecular weight is 370 g/mol. The van der Waals surface area contributed by atoms with E-state index in [1.165, 1.54) is 5.56 Å². The van der Waals surface area contributed by atoms with Crippen LogP contribution < -0.4 is 10.2 Å². The zero-order chi connectivity index (χ0) is 19.5. The second kappa shape index (κ2) is 7.64. The van der Waals surface area contributed by atoms with Gasteiger partial charge < -0.3 is 4.74 Å². The number of pyridine rings is 1. The van der Waals surface area contributed by atoms with Crippen molar-refractivity contribution in [2.45, 2.75) is 19.8 Å². The number of ether oxygens (including phenoxy) is 1. The fraction of sp³-hybridized carbons (Fsp3) is 0.174. The molecule has 140 valence electrons. The van der Waals surface area contributed by atoms with Crippen LogP contribution in [-0.4, -0.2) is 23.6 Å². The molecule has 0 atom stereocenters. The van der Waals surface area contributed by atoms with Crippen LogP contribution in [0.25, 0.3) is 0 Å². The molecule has 3 aromatic rings. The van der Waals surface area contributed by atoms with E-state index in [2.05, 4.69) is 42.5 Å². The second-order valence-electron chi connectivity index (χ2n) is 6.93. The summed E-state index contributed by atoms with van der Waals surface area (Å²) in [5, 5.41) is 4.70. The highest BCUT2D eigenvalue weighted by atomic mass is 16.5. The standard InChI is InChI=1S/C23H22N4O/c1-15(2)17-8-11-21-20(13-17)22(18-5-4-12-24-14-18)26-27-23(25-21)16-6-9-19(28-3)10-7-16/h4-15H,1-3H3,(H,25,27). The maximum atomic E-state index is 5.25. The summed E-state index contributed by atoms with van der Waals surface area (Å²) in [7, 11) is 1.66. The van der Waals surface area contributed by atoms with Crippen LogP contribution in [-0.2, 0) is 0 Å². The van der Waals surface area contributed by atoms with E-state index in [1.54, 1.807) is 13.3 Å². The van der Waals surface area contributed by atoms with Crippen molar-refractivity contribution in [1.82, 2.24) is 10.4 Å². The van der Waals surface area contributed by atoms with E-state index in [1.807, 2.05) is 42.6 Å². The molecule has 1 aliphatic heterocycles. The summed E-state index contributed by atoms with van der Waals surface area (Å²) in [4.78, 5) is 9.13. The van der Waals surface area contributed by atoms with E-state index in [-0.39, 0.29) is 0 Å². The van der Waals surface area contributed by atoms with Gasteiger partial charge in [0.1, 0.15) is 11.5 Å². The van der Waals surface area contributed by atoms with Crippen molar-refractivity contribution in [3.05, 3.63) is 89.2 Å². The molecular weight excluding hydrogens is 348 g/mol. The van der Waals surface area contributed by atoms with Crippen molar-refractivity contribution in [2.24, 2.45) is 10.1 Å². The minimum atomic E-state index is 0.418. The normalized spacial score (nSPS) is 13.1. The lowest BCUT2D eigenvalue weighted by atomic mass is 9.95. The summed E-state index contributed by atoms with van der Waals surface area (Å²) in [6.45, 7) is 4.37. The van der Waals surface area contributed by atoms with Crippen molar-refractivity contribution in [3.8, 4) is 5.75 Å². The van der Waals surface area contributed by atoms with Crippen molar-refractivity contribution >= 4 is 17.2 Å². The first-order chi connectivity index (χ1) is 13.7. The largest absolute Gasteiger partial charge is 0.497 e. The van der Waals surface area contributed by atoms with Crippen molar-refractivity contribution in [1.29, 1.82) is 0 Å². The summed E-state index contributed by atoms with van der Waals surface area (Å²) >= 11 is 0. The van der Waals surface area contributed by atoms with E-state index >= 15 is 0 Å². The molecular formula is C23H22N4O.